The average molecular weight is 281 g/mol. The molecule has 8 heteroatoms. The molecule has 2 aliphatic rings. The maximum atomic E-state index is 12.2. The molecule has 0 aliphatic carbocycles. The lowest BCUT2D eigenvalue weighted by Gasteiger charge is -2.34. The third-order valence-corrected chi connectivity index (χ3v) is 3.46. The Balaban J connectivity index is 1.83. The summed E-state index contributed by atoms with van der Waals surface area (Å²) >= 11 is 0. The van der Waals surface area contributed by atoms with Crippen LogP contribution in [0, 0.1) is 0 Å². The fourth-order valence-corrected chi connectivity index (χ4v) is 2.20. The molecule has 1 saturated heterocycles. The minimum Gasteiger partial charge on any atom is -0.358 e. The first-order valence-corrected chi connectivity index (χ1v) is 6.67. The molecule has 1 fully saturated rings. The van der Waals surface area contributed by atoms with Gasteiger partial charge in [0.2, 0.25) is 11.8 Å². The van der Waals surface area contributed by atoms with Crippen molar-refractivity contribution >= 4 is 23.4 Å². The smallest absolute Gasteiger partial charge is 0.270 e. The lowest BCUT2D eigenvalue weighted by Crippen LogP contribution is -2.52. The number of carbonyl (C=O) groups excluding carboxylic acids is 3. The van der Waals surface area contributed by atoms with Gasteiger partial charge in [0, 0.05) is 46.1 Å². The quantitative estimate of drug-likeness (QED) is 0.634. The number of amides is 3. The molecule has 0 bridgehead atoms. The van der Waals surface area contributed by atoms with Crippen LogP contribution in [0.2, 0.25) is 0 Å². The molecule has 0 saturated carbocycles. The lowest BCUT2D eigenvalue weighted by atomic mass is 10.1. The van der Waals surface area contributed by atoms with E-state index in [0.717, 1.165) is 0 Å². The maximum absolute atomic E-state index is 12.2. The van der Waals surface area contributed by atoms with E-state index in [1.165, 1.54) is 0 Å². The van der Waals surface area contributed by atoms with E-state index in [0.29, 0.717) is 51.3 Å². The highest BCUT2D eigenvalue weighted by Crippen LogP contribution is 2.07. The molecule has 0 atom stereocenters. The fourth-order valence-electron chi connectivity index (χ4n) is 2.20. The summed E-state index contributed by atoms with van der Waals surface area (Å²) < 4.78 is 0. The molecular weight excluding hydrogens is 262 g/mol. The van der Waals surface area contributed by atoms with Crippen molar-refractivity contribution in [1.29, 1.82) is 0 Å². The van der Waals surface area contributed by atoms with Crippen LogP contribution in [-0.2, 0) is 14.4 Å². The van der Waals surface area contributed by atoms with Crippen molar-refractivity contribution in [3.8, 4) is 0 Å². The van der Waals surface area contributed by atoms with Gasteiger partial charge in [0.1, 0.15) is 5.71 Å². The summed E-state index contributed by atoms with van der Waals surface area (Å²) in [5, 5.41) is 6.40. The highest BCUT2D eigenvalue weighted by molar-refractivity contribution is 6.39. The second-order valence-corrected chi connectivity index (χ2v) is 4.84. The molecule has 0 unspecified atom stereocenters. The van der Waals surface area contributed by atoms with Gasteiger partial charge in [0.15, 0.2) is 0 Å². The van der Waals surface area contributed by atoms with Gasteiger partial charge in [-0.2, -0.15) is 5.10 Å². The number of carbonyl (C=O) groups is 3. The van der Waals surface area contributed by atoms with Gasteiger partial charge in [-0.1, -0.05) is 0 Å². The molecule has 110 valence electrons. The van der Waals surface area contributed by atoms with Gasteiger partial charge in [-0.05, 0) is 0 Å². The van der Waals surface area contributed by atoms with Crippen LogP contribution in [0.3, 0.4) is 0 Å². The molecule has 0 aromatic rings. The van der Waals surface area contributed by atoms with E-state index in [1.54, 1.807) is 11.9 Å². The molecule has 3 amide bonds. The van der Waals surface area contributed by atoms with Crippen molar-refractivity contribution < 1.29 is 14.4 Å². The topological polar surface area (TPSA) is 94.1 Å². The van der Waals surface area contributed by atoms with Crippen molar-refractivity contribution in [2.24, 2.45) is 5.10 Å². The molecule has 0 spiro atoms. The van der Waals surface area contributed by atoms with Crippen LogP contribution < -0.4 is 10.7 Å². The van der Waals surface area contributed by atoms with Crippen LogP contribution in [0.4, 0.5) is 0 Å². The van der Waals surface area contributed by atoms with Crippen molar-refractivity contribution in [3.63, 3.8) is 0 Å². The number of likely N-dealkylation sites (N-methyl/N-ethyl adjacent to an activating group) is 1. The van der Waals surface area contributed by atoms with Crippen LogP contribution in [0.5, 0.6) is 0 Å². The molecule has 0 aromatic heterocycles. The third kappa shape index (κ3) is 3.53. The first kappa shape index (κ1) is 14.4. The summed E-state index contributed by atoms with van der Waals surface area (Å²) in [5.41, 5.74) is 2.74. The average Bonchev–Trinajstić information content (AvgIpc) is 2.48. The molecule has 20 heavy (non-hydrogen) atoms. The van der Waals surface area contributed by atoms with Gasteiger partial charge in [-0.3, -0.25) is 19.3 Å². The van der Waals surface area contributed by atoms with Crippen molar-refractivity contribution in [2.45, 2.75) is 12.8 Å². The second-order valence-electron chi connectivity index (χ2n) is 4.84. The summed E-state index contributed by atoms with van der Waals surface area (Å²) in [6.07, 6.45) is 0.699. The number of hydrogen-bond donors (Lipinski definition) is 2. The monoisotopic (exact) mass is 281 g/mol. The predicted molar refractivity (Wildman–Crippen MR) is 71.9 cm³/mol. The van der Waals surface area contributed by atoms with E-state index in [9.17, 15) is 14.4 Å². The zero-order chi connectivity index (χ0) is 14.5. The first-order chi connectivity index (χ1) is 9.60. The van der Waals surface area contributed by atoms with Gasteiger partial charge in [-0.25, -0.2) is 5.43 Å². The van der Waals surface area contributed by atoms with E-state index in [4.69, 9.17) is 0 Å². The Morgan fingerprint density at radius 1 is 1.25 bits per heavy atom. The molecule has 2 rings (SSSR count). The largest absolute Gasteiger partial charge is 0.358 e. The van der Waals surface area contributed by atoms with Crippen molar-refractivity contribution in [1.82, 2.24) is 20.5 Å². The van der Waals surface area contributed by atoms with E-state index >= 15 is 0 Å². The number of hydrogen-bond acceptors (Lipinski definition) is 5. The van der Waals surface area contributed by atoms with E-state index in [2.05, 4.69) is 15.8 Å². The van der Waals surface area contributed by atoms with E-state index in [1.807, 2.05) is 4.90 Å². The number of hydrazone groups is 1. The SMILES string of the molecule is CNC(=O)CN1CCN(C(=O)C2=NNC(=O)CC2)CC1. The summed E-state index contributed by atoms with van der Waals surface area (Å²) in [7, 11) is 1.61. The Kier molecular flexibility index (Phi) is 4.67. The Bertz CT molecular complexity index is 440. The number of piperazine rings is 1. The summed E-state index contributed by atoms with van der Waals surface area (Å²) in [5.74, 6) is -0.300. The molecule has 0 aromatic carbocycles. The Hall–Kier alpha value is -1.96. The summed E-state index contributed by atoms with van der Waals surface area (Å²) in [6, 6.07) is 0. The van der Waals surface area contributed by atoms with Gasteiger partial charge >= 0.3 is 0 Å². The molecule has 2 aliphatic heterocycles. The Morgan fingerprint density at radius 2 is 1.95 bits per heavy atom. The van der Waals surface area contributed by atoms with Crippen molar-refractivity contribution in [2.75, 3.05) is 39.8 Å². The standard InChI is InChI=1S/C12H19N5O3/c1-13-11(19)8-16-4-6-17(7-5-16)12(20)9-2-3-10(18)15-14-9/h2-8H2,1H3,(H,13,19)(H,15,18). The van der Waals surface area contributed by atoms with E-state index < -0.39 is 0 Å². The van der Waals surface area contributed by atoms with Gasteiger partial charge in [0.25, 0.3) is 5.91 Å². The summed E-state index contributed by atoms with van der Waals surface area (Å²) in [4.78, 5) is 38.2. The normalized spacial score (nSPS) is 20.1. The van der Waals surface area contributed by atoms with Crippen LogP contribution in [0.25, 0.3) is 0 Å². The molecule has 0 radical (unpaired) electrons. The highest BCUT2D eigenvalue weighted by Gasteiger charge is 2.27. The molecule has 2 heterocycles. The lowest BCUT2D eigenvalue weighted by molar-refractivity contribution is -0.126. The number of nitrogens with zero attached hydrogens (tertiary/aromatic N) is 3. The maximum Gasteiger partial charge on any atom is 0.270 e. The molecular formula is C12H19N5O3. The van der Waals surface area contributed by atoms with E-state index in [-0.39, 0.29) is 17.7 Å². The van der Waals surface area contributed by atoms with Crippen LogP contribution >= 0.6 is 0 Å². The van der Waals surface area contributed by atoms with Crippen LogP contribution in [0.15, 0.2) is 5.10 Å². The predicted octanol–water partition coefficient (Wildman–Crippen LogP) is -1.86. The minimum absolute atomic E-state index is 0.0239. The zero-order valence-corrected chi connectivity index (χ0v) is 11.5. The molecule has 2 N–H and O–H groups in total. The highest BCUT2D eigenvalue weighted by atomic mass is 16.2. The molecule has 8 nitrogen and oxygen atoms in total. The first-order valence-electron chi connectivity index (χ1n) is 6.67. The fraction of sp³-hybridized carbons (Fsp3) is 0.667. The van der Waals surface area contributed by atoms with Gasteiger partial charge in [0.05, 0.1) is 6.54 Å². The Labute approximate surface area is 117 Å². The Morgan fingerprint density at radius 3 is 2.50 bits per heavy atom. The van der Waals surface area contributed by atoms with Crippen LogP contribution in [0.1, 0.15) is 12.8 Å². The van der Waals surface area contributed by atoms with Gasteiger partial charge in [-0.15, -0.1) is 0 Å². The summed E-state index contributed by atoms with van der Waals surface area (Å²) in [6.45, 7) is 2.83. The van der Waals surface area contributed by atoms with Gasteiger partial charge < -0.3 is 10.2 Å². The van der Waals surface area contributed by atoms with Crippen molar-refractivity contribution in [3.05, 3.63) is 0 Å². The minimum atomic E-state index is -0.156. The zero-order valence-electron chi connectivity index (χ0n) is 11.5. The number of nitrogens with one attached hydrogen (secondary N) is 2. The number of rotatable bonds is 3. The van der Waals surface area contributed by atoms with Crippen LogP contribution in [-0.4, -0.2) is 73.0 Å². The third-order valence-electron chi connectivity index (χ3n) is 3.46. The second kappa shape index (κ2) is 6.47.